The molecule has 0 amide bonds. The summed E-state index contributed by atoms with van der Waals surface area (Å²) >= 11 is 2.03. The van der Waals surface area contributed by atoms with E-state index in [-0.39, 0.29) is 44.6 Å². The van der Waals surface area contributed by atoms with Gasteiger partial charge in [0.2, 0.25) is 0 Å². The first-order valence-corrected chi connectivity index (χ1v) is 27.7. The lowest BCUT2D eigenvalue weighted by atomic mass is 9.35. The molecule has 7 aromatic rings. The molecule has 0 unspecified atom stereocenters. The second-order valence-corrected chi connectivity index (χ2v) is 29.2. The Morgan fingerprint density at radius 1 is 0.465 bits per heavy atom. The first-order valence-electron chi connectivity index (χ1n) is 26.9. The average Bonchev–Trinajstić information content (AvgIpc) is 3.66. The molecule has 0 atom stereocenters. The Morgan fingerprint density at radius 3 is 1.56 bits per heavy atom. The zero-order chi connectivity index (χ0) is 50.9. The van der Waals surface area contributed by atoms with Gasteiger partial charge in [0.1, 0.15) is 0 Å². The minimum absolute atomic E-state index is 0.00741. The van der Waals surface area contributed by atoms with Crippen LogP contribution in [0.4, 0.5) is 34.1 Å². The molecule has 0 bridgehead atoms. The Hall–Kier alpha value is -5.06. The van der Waals surface area contributed by atoms with Crippen molar-refractivity contribution in [2.24, 2.45) is 0 Å². The third-order valence-corrected chi connectivity index (χ3v) is 19.1. The van der Waals surface area contributed by atoms with Crippen molar-refractivity contribution in [2.45, 2.75) is 188 Å². The second kappa shape index (κ2) is 15.5. The van der Waals surface area contributed by atoms with E-state index in [9.17, 15) is 0 Å². The molecule has 4 aliphatic rings. The van der Waals surface area contributed by atoms with E-state index in [0.29, 0.717) is 0 Å². The van der Waals surface area contributed by atoms with Gasteiger partial charge >= 0.3 is 0 Å². The Balaban J connectivity index is 1.28. The number of hydrogen-bond acceptors (Lipinski definition) is 3. The Labute approximate surface area is 432 Å². The predicted octanol–water partition coefficient (Wildman–Crippen LogP) is 17.5. The van der Waals surface area contributed by atoms with Crippen LogP contribution in [0.1, 0.15) is 188 Å². The van der Waals surface area contributed by atoms with Crippen LogP contribution in [0.3, 0.4) is 0 Å². The van der Waals surface area contributed by atoms with Gasteiger partial charge in [-0.3, -0.25) is 0 Å². The SMILES string of the molecule is Cc1cc2c3c(c1)N(c1ccc(C(C)(C)C)cc1-c1ccc(C(C)(C)C)cc1)c1c(sc4ccc(C(C)(C)C)cc14)B3c1cc3c(cc1N2c1ccc2c(c1)C(C)(C)CCC2(C)C)C(C)(C)CCC3(C)C. The highest BCUT2D eigenvalue weighted by atomic mass is 32.1. The second-order valence-electron chi connectivity index (χ2n) is 28.1. The average molecular weight is 955 g/mol. The fraction of sp³-hybridized carbons (Fsp3) is 0.433. The van der Waals surface area contributed by atoms with Crippen LogP contribution < -0.4 is 25.5 Å². The van der Waals surface area contributed by atoms with Crippen molar-refractivity contribution in [3.05, 3.63) is 148 Å². The van der Waals surface area contributed by atoms with Crippen LogP contribution >= 0.6 is 11.3 Å². The summed E-state index contributed by atoms with van der Waals surface area (Å²) < 4.78 is 2.80. The smallest absolute Gasteiger partial charge is 0.264 e. The van der Waals surface area contributed by atoms with Gasteiger partial charge in [0.15, 0.2) is 0 Å². The summed E-state index contributed by atoms with van der Waals surface area (Å²) in [6, 6.07) is 42.3. The molecule has 0 spiro atoms. The molecular weight excluding hydrogens is 876 g/mol. The first-order chi connectivity index (χ1) is 33.0. The van der Waals surface area contributed by atoms with Crippen LogP contribution in [-0.2, 0) is 37.9 Å². The quantitative estimate of drug-likeness (QED) is 0.163. The maximum atomic E-state index is 2.73. The maximum absolute atomic E-state index is 2.73. The molecule has 3 heterocycles. The molecule has 0 saturated carbocycles. The highest BCUT2D eigenvalue weighted by molar-refractivity contribution is 7.33. The molecular formula is C67H79BN2S. The highest BCUT2D eigenvalue weighted by Gasteiger charge is 2.49. The zero-order valence-corrected chi connectivity index (χ0v) is 47.3. The summed E-state index contributed by atoms with van der Waals surface area (Å²) in [5, 5.41) is 1.35. The molecule has 1 aromatic heterocycles. The minimum atomic E-state index is -0.0275. The van der Waals surface area contributed by atoms with Crippen molar-refractivity contribution >= 4 is 78.0 Å². The fourth-order valence-electron chi connectivity index (χ4n) is 13.0. The number of benzene rings is 6. The third-order valence-electron chi connectivity index (χ3n) is 17.9. The monoisotopic (exact) mass is 955 g/mol. The molecule has 2 nitrogen and oxygen atoms in total. The summed E-state index contributed by atoms with van der Waals surface area (Å²) in [4.78, 5) is 5.45. The Morgan fingerprint density at radius 2 is 0.972 bits per heavy atom. The molecule has 0 fully saturated rings. The summed E-state index contributed by atoms with van der Waals surface area (Å²) in [6.45, 7) is 43.3. The molecule has 4 heteroatoms. The van der Waals surface area contributed by atoms with Gasteiger partial charge in [-0.1, -0.05) is 166 Å². The van der Waals surface area contributed by atoms with Gasteiger partial charge in [0.25, 0.3) is 6.71 Å². The highest BCUT2D eigenvalue weighted by Crippen LogP contribution is 2.55. The number of anilines is 6. The molecule has 366 valence electrons. The molecule has 0 N–H and O–H groups in total. The number of aryl methyl sites for hydroxylation is 1. The van der Waals surface area contributed by atoms with Crippen LogP contribution in [0.5, 0.6) is 0 Å². The number of nitrogens with zero attached hydrogens (tertiary/aromatic N) is 2. The first kappa shape index (κ1) is 48.2. The van der Waals surface area contributed by atoms with E-state index in [2.05, 4.69) is 238 Å². The van der Waals surface area contributed by atoms with E-state index < -0.39 is 0 Å². The minimum Gasteiger partial charge on any atom is -0.311 e. The van der Waals surface area contributed by atoms with Gasteiger partial charge in [-0.2, -0.15) is 0 Å². The van der Waals surface area contributed by atoms with Crippen molar-refractivity contribution in [1.82, 2.24) is 0 Å². The Kier molecular flexibility index (Phi) is 10.5. The van der Waals surface area contributed by atoms with Crippen LogP contribution in [0.15, 0.2) is 103 Å². The zero-order valence-electron chi connectivity index (χ0n) is 46.5. The molecule has 0 saturated heterocycles. The predicted molar refractivity (Wildman–Crippen MR) is 313 cm³/mol. The van der Waals surface area contributed by atoms with E-state index in [1.165, 1.54) is 141 Å². The number of rotatable bonds is 3. The fourth-order valence-corrected chi connectivity index (χ4v) is 14.3. The normalized spacial score (nSPS) is 18.4. The van der Waals surface area contributed by atoms with Gasteiger partial charge in [0.05, 0.1) is 11.4 Å². The number of hydrogen-bond donors (Lipinski definition) is 0. The number of fused-ring (bicyclic) bond motifs is 8. The van der Waals surface area contributed by atoms with Gasteiger partial charge in [-0.05, 0) is 186 Å². The molecule has 11 rings (SSSR count). The standard InChI is InChI=1S/C67H79BN2S/c1-40-33-55-58-56(34-40)70(53-27-23-43(62(5,6)7)35-46(53)41-19-21-42(22-20-41)61(2,3)4)59-47-36-44(63(8,9)10)24-28-57(47)71-60(59)68(58)52-38-50-51(67(17,18)32-31-66(50,15)16)39-54(52)69(55)45-25-26-48-49(37-45)65(13,14)30-29-64(48,11)12/h19-28,33-39H,29-32H2,1-18H3. The number of thiophene rings is 1. The third kappa shape index (κ3) is 7.60. The van der Waals surface area contributed by atoms with Crippen molar-refractivity contribution < 1.29 is 0 Å². The molecule has 2 aliphatic carbocycles. The van der Waals surface area contributed by atoms with E-state index in [4.69, 9.17) is 0 Å². The van der Waals surface area contributed by atoms with E-state index in [0.717, 1.165) is 0 Å². The summed E-state index contributed by atoms with van der Waals surface area (Å²) in [5.41, 5.74) is 24.9. The van der Waals surface area contributed by atoms with Crippen LogP contribution in [0.25, 0.3) is 21.2 Å². The van der Waals surface area contributed by atoms with Crippen LogP contribution in [0.2, 0.25) is 0 Å². The summed E-state index contributed by atoms with van der Waals surface area (Å²) in [5.74, 6) is 0. The maximum Gasteiger partial charge on any atom is 0.264 e. The van der Waals surface area contributed by atoms with Gasteiger partial charge in [-0.15, -0.1) is 11.3 Å². The van der Waals surface area contributed by atoms with Crippen molar-refractivity contribution in [3.63, 3.8) is 0 Å². The van der Waals surface area contributed by atoms with Crippen molar-refractivity contribution in [3.8, 4) is 11.1 Å². The summed E-state index contributed by atoms with van der Waals surface area (Å²) in [6.07, 6.45) is 4.74. The molecule has 71 heavy (non-hydrogen) atoms. The van der Waals surface area contributed by atoms with Crippen molar-refractivity contribution in [2.75, 3.05) is 9.80 Å². The topological polar surface area (TPSA) is 6.48 Å². The van der Waals surface area contributed by atoms with Crippen molar-refractivity contribution in [1.29, 1.82) is 0 Å². The van der Waals surface area contributed by atoms with E-state index in [1.54, 1.807) is 0 Å². The van der Waals surface area contributed by atoms with Gasteiger partial charge < -0.3 is 9.80 Å². The summed E-state index contributed by atoms with van der Waals surface area (Å²) in [7, 11) is 0. The molecule has 0 radical (unpaired) electrons. The van der Waals surface area contributed by atoms with Crippen LogP contribution in [0, 0.1) is 6.92 Å². The lowest BCUT2D eigenvalue weighted by Gasteiger charge is -2.47. The van der Waals surface area contributed by atoms with Gasteiger partial charge in [-0.25, -0.2) is 0 Å². The molecule has 6 aromatic carbocycles. The van der Waals surface area contributed by atoms with Gasteiger partial charge in [0, 0.05) is 43.2 Å². The molecule has 2 aliphatic heterocycles. The Bertz CT molecular complexity index is 3330. The van der Waals surface area contributed by atoms with E-state index >= 15 is 0 Å². The lowest BCUT2D eigenvalue weighted by molar-refractivity contribution is 0.332. The van der Waals surface area contributed by atoms with E-state index in [1.807, 2.05) is 11.3 Å². The van der Waals surface area contributed by atoms with Crippen LogP contribution in [-0.4, -0.2) is 6.71 Å². The lowest BCUT2D eigenvalue weighted by Crippen LogP contribution is -2.61. The largest absolute Gasteiger partial charge is 0.311 e.